The van der Waals surface area contributed by atoms with Crippen LogP contribution in [0.5, 0.6) is 11.5 Å². The number of fused-ring (bicyclic) bond motifs is 1. The second kappa shape index (κ2) is 8.75. The number of carbonyl (C=O) groups excluding carboxylic acids is 1. The first-order valence-corrected chi connectivity index (χ1v) is 9.38. The molecule has 0 radical (unpaired) electrons. The molecular formula is C22H27NO3. The Kier molecular flexibility index (Phi) is 6.16. The highest BCUT2D eigenvalue weighted by Gasteiger charge is 2.19. The average Bonchev–Trinajstić information content (AvgIpc) is 2.67. The van der Waals surface area contributed by atoms with E-state index in [0.717, 1.165) is 29.9 Å². The van der Waals surface area contributed by atoms with Gasteiger partial charge >= 0.3 is 0 Å². The first-order valence-electron chi connectivity index (χ1n) is 9.38. The second-order valence-electron chi connectivity index (χ2n) is 6.69. The van der Waals surface area contributed by atoms with Crippen LogP contribution in [0.15, 0.2) is 42.5 Å². The molecule has 0 bridgehead atoms. The first-order chi connectivity index (χ1) is 12.7. The third kappa shape index (κ3) is 4.57. The number of rotatable bonds is 7. The summed E-state index contributed by atoms with van der Waals surface area (Å²) >= 11 is 0. The van der Waals surface area contributed by atoms with Crippen LogP contribution in [-0.4, -0.2) is 30.6 Å². The molecule has 2 aromatic rings. The van der Waals surface area contributed by atoms with Gasteiger partial charge in [0, 0.05) is 25.1 Å². The van der Waals surface area contributed by atoms with Crippen molar-refractivity contribution in [2.24, 2.45) is 0 Å². The van der Waals surface area contributed by atoms with Crippen LogP contribution in [0.25, 0.3) is 0 Å². The number of amides is 1. The van der Waals surface area contributed by atoms with Crippen LogP contribution in [0, 0.1) is 6.92 Å². The van der Waals surface area contributed by atoms with Gasteiger partial charge in [-0.15, -0.1) is 0 Å². The Labute approximate surface area is 155 Å². The molecule has 1 heterocycles. The summed E-state index contributed by atoms with van der Waals surface area (Å²) in [7, 11) is 0. The van der Waals surface area contributed by atoms with Crippen molar-refractivity contribution in [2.75, 3.05) is 19.8 Å². The summed E-state index contributed by atoms with van der Waals surface area (Å²) < 4.78 is 11.4. The lowest BCUT2D eigenvalue weighted by atomic mass is 10.1. The number of hydrogen-bond acceptors (Lipinski definition) is 3. The topological polar surface area (TPSA) is 38.8 Å². The maximum absolute atomic E-state index is 12.6. The number of para-hydroxylation sites is 1. The van der Waals surface area contributed by atoms with Gasteiger partial charge in [0.05, 0.1) is 0 Å². The van der Waals surface area contributed by atoms with Crippen LogP contribution in [0.4, 0.5) is 0 Å². The van der Waals surface area contributed by atoms with Gasteiger partial charge in [-0.1, -0.05) is 42.0 Å². The number of hydrogen-bond donors (Lipinski definition) is 0. The molecule has 0 saturated carbocycles. The van der Waals surface area contributed by atoms with Gasteiger partial charge in [-0.25, -0.2) is 0 Å². The van der Waals surface area contributed by atoms with Gasteiger partial charge in [-0.05, 0) is 38.3 Å². The number of benzene rings is 2. The van der Waals surface area contributed by atoms with E-state index in [1.807, 2.05) is 30.0 Å². The summed E-state index contributed by atoms with van der Waals surface area (Å²) in [5, 5.41) is 0. The van der Waals surface area contributed by atoms with E-state index < -0.39 is 0 Å². The third-order valence-corrected chi connectivity index (χ3v) is 4.72. The highest BCUT2D eigenvalue weighted by molar-refractivity contribution is 5.76. The van der Waals surface area contributed by atoms with Crippen molar-refractivity contribution < 1.29 is 14.3 Å². The standard InChI is InChI=1S/C22H27NO3/c1-3-23(16-19-7-5-8-20-22(19)26-15-14-25-20)21(24)9-4-6-18-12-10-17(2)11-13-18/h5,7-8,10-13H,3-4,6,9,14-16H2,1-2H3. The molecule has 4 heteroatoms. The van der Waals surface area contributed by atoms with Crippen molar-refractivity contribution in [1.29, 1.82) is 0 Å². The van der Waals surface area contributed by atoms with Gasteiger partial charge in [0.2, 0.25) is 5.91 Å². The van der Waals surface area contributed by atoms with E-state index in [4.69, 9.17) is 9.47 Å². The molecule has 0 fully saturated rings. The number of ether oxygens (including phenoxy) is 2. The van der Waals surface area contributed by atoms with Gasteiger partial charge in [-0.2, -0.15) is 0 Å². The minimum absolute atomic E-state index is 0.189. The zero-order valence-corrected chi connectivity index (χ0v) is 15.7. The van der Waals surface area contributed by atoms with E-state index in [-0.39, 0.29) is 5.91 Å². The number of aryl methyl sites for hydroxylation is 2. The highest BCUT2D eigenvalue weighted by atomic mass is 16.6. The van der Waals surface area contributed by atoms with Crippen LogP contribution >= 0.6 is 0 Å². The molecule has 4 nitrogen and oxygen atoms in total. The molecule has 26 heavy (non-hydrogen) atoms. The molecule has 0 unspecified atom stereocenters. The fourth-order valence-corrected chi connectivity index (χ4v) is 3.20. The van der Waals surface area contributed by atoms with Crippen molar-refractivity contribution in [2.45, 2.75) is 39.7 Å². The van der Waals surface area contributed by atoms with Crippen LogP contribution in [0.2, 0.25) is 0 Å². The van der Waals surface area contributed by atoms with E-state index in [1.165, 1.54) is 11.1 Å². The summed E-state index contributed by atoms with van der Waals surface area (Å²) in [6, 6.07) is 14.4. The lowest BCUT2D eigenvalue weighted by Gasteiger charge is -2.25. The Morgan fingerprint density at radius 1 is 1.08 bits per heavy atom. The van der Waals surface area contributed by atoms with Crippen LogP contribution in [0.1, 0.15) is 36.5 Å². The molecule has 0 saturated heterocycles. The van der Waals surface area contributed by atoms with Gasteiger partial charge in [0.25, 0.3) is 0 Å². The fraction of sp³-hybridized carbons (Fsp3) is 0.409. The van der Waals surface area contributed by atoms with E-state index in [1.54, 1.807) is 0 Å². The van der Waals surface area contributed by atoms with Crippen molar-refractivity contribution in [3.8, 4) is 11.5 Å². The quantitative estimate of drug-likeness (QED) is 0.751. The summed E-state index contributed by atoms with van der Waals surface area (Å²) in [6.07, 6.45) is 2.36. The lowest BCUT2D eigenvalue weighted by molar-refractivity contribution is -0.131. The second-order valence-corrected chi connectivity index (χ2v) is 6.69. The molecule has 0 aliphatic carbocycles. The summed E-state index contributed by atoms with van der Waals surface area (Å²) in [5.74, 6) is 1.75. The largest absolute Gasteiger partial charge is 0.486 e. The van der Waals surface area contributed by atoms with Gasteiger partial charge in [-0.3, -0.25) is 4.79 Å². The van der Waals surface area contributed by atoms with Gasteiger partial charge < -0.3 is 14.4 Å². The third-order valence-electron chi connectivity index (χ3n) is 4.72. The molecule has 1 amide bonds. The first kappa shape index (κ1) is 18.3. The minimum Gasteiger partial charge on any atom is -0.486 e. The van der Waals surface area contributed by atoms with E-state index in [0.29, 0.717) is 32.7 Å². The predicted octanol–water partition coefficient (Wildman–Crippen LogP) is 4.14. The van der Waals surface area contributed by atoms with Gasteiger partial charge in [0.1, 0.15) is 13.2 Å². The van der Waals surface area contributed by atoms with Crippen molar-refractivity contribution in [3.05, 3.63) is 59.2 Å². The number of carbonyl (C=O) groups is 1. The summed E-state index contributed by atoms with van der Waals surface area (Å²) in [6.45, 7) is 6.49. The molecule has 138 valence electrons. The normalized spacial score (nSPS) is 12.7. The zero-order chi connectivity index (χ0) is 18.4. The van der Waals surface area contributed by atoms with E-state index >= 15 is 0 Å². The molecule has 1 aliphatic rings. The molecule has 3 rings (SSSR count). The lowest BCUT2D eigenvalue weighted by Crippen LogP contribution is -2.30. The Bertz CT molecular complexity index is 740. The maximum Gasteiger partial charge on any atom is 0.222 e. The Morgan fingerprint density at radius 3 is 2.62 bits per heavy atom. The summed E-state index contributed by atoms with van der Waals surface area (Å²) in [5.41, 5.74) is 3.56. The smallest absolute Gasteiger partial charge is 0.222 e. The monoisotopic (exact) mass is 353 g/mol. The summed E-state index contributed by atoms with van der Waals surface area (Å²) in [4.78, 5) is 14.5. The minimum atomic E-state index is 0.189. The maximum atomic E-state index is 12.6. The molecule has 0 atom stereocenters. The van der Waals surface area contributed by atoms with Crippen LogP contribution < -0.4 is 9.47 Å². The molecule has 2 aromatic carbocycles. The zero-order valence-electron chi connectivity index (χ0n) is 15.7. The Balaban J connectivity index is 1.56. The van der Waals surface area contributed by atoms with E-state index in [9.17, 15) is 4.79 Å². The number of nitrogens with zero attached hydrogens (tertiary/aromatic N) is 1. The van der Waals surface area contributed by atoms with Crippen LogP contribution in [-0.2, 0) is 17.8 Å². The van der Waals surface area contributed by atoms with E-state index in [2.05, 4.69) is 31.2 Å². The van der Waals surface area contributed by atoms with Crippen molar-refractivity contribution >= 4 is 5.91 Å². The molecule has 0 spiro atoms. The Morgan fingerprint density at radius 2 is 1.85 bits per heavy atom. The van der Waals surface area contributed by atoms with Crippen molar-refractivity contribution in [3.63, 3.8) is 0 Å². The van der Waals surface area contributed by atoms with Crippen LogP contribution in [0.3, 0.4) is 0 Å². The fourth-order valence-electron chi connectivity index (χ4n) is 3.20. The highest BCUT2D eigenvalue weighted by Crippen LogP contribution is 2.34. The molecule has 0 N–H and O–H groups in total. The predicted molar refractivity (Wildman–Crippen MR) is 103 cm³/mol. The van der Waals surface area contributed by atoms with Gasteiger partial charge in [0.15, 0.2) is 11.5 Å². The Hall–Kier alpha value is -2.49. The molecule has 1 aliphatic heterocycles. The molecule has 0 aromatic heterocycles. The molecular weight excluding hydrogens is 326 g/mol. The van der Waals surface area contributed by atoms with Crippen molar-refractivity contribution in [1.82, 2.24) is 4.90 Å². The SMILES string of the molecule is CCN(Cc1cccc2c1OCCO2)C(=O)CCCc1ccc(C)cc1. The average molecular weight is 353 g/mol.